The van der Waals surface area contributed by atoms with E-state index in [4.69, 9.17) is 9.47 Å². The number of benzene rings is 2. The number of anilines is 1. The number of hydrogen-bond acceptors (Lipinski definition) is 5. The van der Waals surface area contributed by atoms with E-state index in [0.29, 0.717) is 29.3 Å². The number of ether oxygens (including phenoxy) is 2. The number of amides is 1. The van der Waals surface area contributed by atoms with Crippen LogP contribution in [0.3, 0.4) is 0 Å². The van der Waals surface area contributed by atoms with Gasteiger partial charge in [-0.15, -0.1) is 0 Å². The molecular formula is C23H23N3O4. The maximum Gasteiger partial charge on any atom is 0.267 e. The Labute approximate surface area is 174 Å². The van der Waals surface area contributed by atoms with E-state index in [1.54, 1.807) is 24.3 Å². The smallest absolute Gasteiger partial charge is 0.267 e. The summed E-state index contributed by atoms with van der Waals surface area (Å²) in [6.45, 7) is 6.01. The van der Waals surface area contributed by atoms with Crippen LogP contribution in [0.2, 0.25) is 0 Å². The van der Waals surface area contributed by atoms with Gasteiger partial charge in [-0.2, -0.15) is 5.10 Å². The lowest BCUT2D eigenvalue weighted by atomic mass is 10.0. The number of nitrogens with one attached hydrogen (secondary N) is 1. The van der Waals surface area contributed by atoms with Gasteiger partial charge in [0.05, 0.1) is 5.69 Å². The van der Waals surface area contributed by atoms with Crippen LogP contribution in [0.4, 0.5) is 5.69 Å². The molecule has 3 aromatic rings. The number of nitrogens with zero attached hydrogens (tertiary/aromatic N) is 2. The third kappa shape index (κ3) is 3.78. The van der Waals surface area contributed by atoms with E-state index < -0.39 is 6.04 Å². The number of rotatable bonds is 5. The average Bonchev–Trinajstić information content (AvgIpc) is 3.19. The van der Waals surface area contributed by atoms with Crippen LogP contribution < -0.4 is 20.3 Å². The summed E-state index contributed by atoms with van der Waals surface area (Å²) in [5.74, 6) is 0.899. The van der Waals surface area contributed by atoms with E-state index in [9.17, 15) is 9.59 Å². The molecule has 1 aliphatic rings. The molecule has 1 amide bonds. The lowest BCUT2D eigenvalue weighted by Gasteiger charge is -2.18. The fraction of sp³-hybridized carbons (Fsp3) is 0.261. The van der Waals surface area contributed by atoms with Crippen molar-refractivity contribution in [1.82, 2.24) is 9.78 Å². The van der Waals surface area contributed by atoms with Gasteiger partial charge in [0.25, 0.3) is 5.56 Å². The second-order valence-corrected chi connectivity index (χ2v) is 7.30. The van der Waals surface area contributed by atoms with Crippen molar-refractivity contribution < 1.29 is 14.3 Å². The quantitative estimate of drug-likeness (QED) is 0.697. The van der Waals surface area contributed by atoms with Gasteiger partial charge in [-0.1, -0.05) is 24.6 Å². The molecule has 2 aromatic carbocycles. The molecule has 0 saturated carbocycles. The van der Waals surface area contributed by atoms with Crippen LogP contribution in [0, 0.1) is 13.8 Å². The third-order valence-corrected chi connectivity index (χ3v) is 5.12. The van der Waals surface area contributed by atoms with Crippen molar-refractivity contribution in [2.45, 2.75) is 33.2 Å². The van der Waals surface area contributed by atoms with Crippen LogP contribution in [0.5, 0.6) is 11.5 Å². The number of aryl methyl sites for hydroxylation is 2. The third-order valence-electron chi connectivity index (χ3n) is 5.12. The molecule has 4 rings (SSSR count). The zero-order valence-corrected chi connectivity index (χ0v) is 17.1. The van der Waals surface area contributed by atoms with Gasteiger partial charge in [-0.3, -0.25) is 9.59 Å². The van der Waals surface area contributed by atoms with Crippen molar-refractivity contribution in [1.29, 1.82) is 0 Å². The molecule has 0 bridgehead atoms. The van der Waals surface area contributed by atoms with E-state index in [0.717, 1.165) is 16.7 Å². The van der Waals surface area contributed by atoms with Gasteiger partial charge in [0, 0.05) is 23.4 Å². The first-order valence-corrected chi connectivity index (χ1v) is 9.84. The monoisotopic (exact) mass is 405 g/mol. The van der Waals surface area contributed by atoms with Gasteiger partial charge in [0.2, 0.25) is 12.7 Å². The second kappa shape index (κ2) is 8.02. The molecule has 0 saturated heterocycles. The zero-order chi connectivity index (χ0) is 21.3. The molecule has 0 fully saturated rings. The highest BCUT2D eigenvalue weighted by Crippen LogP contribution is 2.34. The highest BCUT2D eigenvalue weighted by atomic mass is 16.7. The summed E-state index contributed by atoms with van der Waals surface area (Å²) >= 11 is 0. The topological polar surface area (TPSA) is 82.4 Å². The standard InChI is InChI=1S/C23H23N3O4/c1-4-19(23(28)24-16-7-9-20-21(12-16)30-13-29-20)26-22(27)10-8-18(25-26)17-11-14(2)5-6-15(17)3/h5-12,19H,4,13H2,1-3H3,(H,24,28)/t19-/m1/s1. The molecule has 154 valence electrons. The fourth-order valence-electron chi connectivity index (χ4n) is 3.47. The van der Waals surface area contributed by atoms with Crippen molar-refractivity contribution in [3.8, 4) is 22.8 Å². The summed E-state index contributed by atoms with van der Waals surface area (Å²) in [6.07, 6.45) is 0.416. The lowest BCUT2D eigenvalue weighted by Crippen LogP contribution is -2.34. The van der Waals surface area contributed by atoms with E-state index in [1.165, 1.54) is 10.7 Å². The van der Waals surface area contributed by atoms with E-state index >= 15 is 0 Å². The SMILES string of the molecule is CC[C@H](C(=O)Nc1ccc2c(c1)OCO2)n1nc(-c2cc(C)ccc2C)ccc1=O. The maximum atomic E-state index is 13.0. The molecule has 7 nitrogen and oxygen atoms in total. The second-order valence-electron chi connectivity index (χ2n) is 7.30. The Hall–Kier alpha value is -3.61. The van der Waals surface area contributed by atoms with Gasteiger partial charge < -0.3 is 14.8 Å². The van der Waals surface area contributed by atoms with Gasteiger partial charge >= 0.3 is 0 Å². The van der Waals surface area contributed by atoms with Gasteiger partial charge in [0.1, 0.15) is 6.04 Å². The first-order chi connectivity index (χ1) is 14.5. The molecule has 1 N–H and O–H groups in total. The first-order valence-electron chi connectivity index (χ1n) is 9.84. The average molecular weight is 405 g/mol. The number of carbonyl (C=O) groups excluding carboxylic acids is 1. The Morgan fingerprint density at radius 3 is 2.70 bits per heavy atom. The summed E-state index contributed by atoms with van der Waals surface area (Å²) in [5, 5.41) is 7.39. The lowest BCUT2D eigenvalue weighted by molar-refractivity contribution is -0.119. The highest BCUT2D eigenvalue weighted by Gasteiger charge is 2.23. The van der Waals surface area contributed by atoms with Gasteiger partial charge in [-0.05, 0) is 50.1 Å². The molecule has 0 spiro atoms. The minimum absolute atomic E-state index is 0.162. The Morgan fingerprint density at radius 2 is 1.90 bits per heavy atom. The van der Waals surface area contributed by atoms with Crippen LogP contribution in [-0.4, -0.2) is 22.5 Å². The molecule has 1 atom stereocenters. The summed E-state index contributed by atoms with van der Waals surface area (Å²) in [7, 11) is 0. The van der Waals surface area contributed by atoms with Gasteiger partial charge in [-0.25, -0.2) is 4.68 Å². The maximum absolute atomic E-state index is 13.0. The summed E-state index contributed by atoms with van der Waals surface area (Å²) < 4.78 is 11.9. The van der Waals surface area contributed by atoms with Crippen LogP contribution in [0.1, 0.15) is 30.5 Å². The molecule has 1 aliphatic heterocycles. The molecule has 30 heavy (non-hydrogen) atoms. The Balaban J connectivity index is 1.64. The summed E-state index contributed by atoms with van der Waals surface area (Å²) in [4.78, 5) is 25.5. The highest BCUT2D eigenvalue weighted by molar-refractivity contribution is 5.94. The molecule has 2 heterocycles. The number of carbonyl (C=O) groups is 1. The summed E-state index contributed by atoms with van der Waals surface area (Å²) in [5.41, 5.74) is 4.00. The number of aromatic nitrogens is 2. The summed E-state index contributed by atoms with van der Waals surface area (Å²) in [6, 6.07) is 13.7. The van der Waals surface area contributed by atoms with Crippen molar-refractivity contribution >= 4 is 11.6 Å². The van der Waals surface area contributed by atoms with E-state index in [1.807, 2.05) is 39.0 Å². The minimum atomic E-state index is -0.743. The fourth-order valence-corrected chi connectivity index (χ4v) is 3.47. The molecule has 0 unspecified atom stereocenters. The molecule has 7 heteroatoms. The largest absolute Gasteiger partial charge is 0.454 e. The van der Waals surface area contributed by atoms with Crippen molar-refractivity contribution in [3.63, 3.8) is 0 Å². The van der Waals surface area contributed by atoms with Gasteiger partial charge in [0.15, 0.2) is 11.5 Å². The van der Waals surface area contributed by atoms with Crippen molar-refractivity contribution in [3.05, 3.63) is 70.0 Å². The molecule has 0 radical (unpaired) electrons. The van der Waals surface area contributed by atoms with Crippen LogP contribution in [0.15, 0.2) is 53.3 Å². The van der Waals surface area contributed by atoms with Crippen LogP contribution >= 0.6 is 0 Å². The van der Waals surface area contributed by atoms with E-state index in [-0.39, 0.29) is 18.3 Å². The van der Waals surface area contributed by atoms with Crippen LogP contribution in [0.25, 0.3) is 11.3 Å². The number of fused-ring (bicyclic) bond motifs is 1. The first kappa shape index (κ1) is 19.7. The van der Waals surface area contributed by atoms with Crippen LogP contribution in [-0.2, 0) is 4.79 Å². The predicted molar refractivity (Wildman–Crippen MR) is 114 cm³/mol. The van der Waals surface area contributed by atoms with Crippen molar-refractivity contribution in [2.24, 2.45) is 0 Å². The van der Waals surface area contributed by atoms with Crippen molar-refractivity contribution in [2.75, 3.05) is 12.1 Å². The Bertz CT molecular complexity index is 1170. The number of hydrogen-bond donors (Lipinski definition) is 1. The molecular weight excluding hydrogens is 382 g/mol. The Morgan fingerprint density at radius 1 is 1.10 bits per heavy atom. The Kier molecular flexibility index (Phi) is 5.27. The predicted octanol–water partition coefficient (Wildman–Crippen LogP) is 3.85. The van der Waals surface area contributed by atoms with E-state index in [2.05, 4.69) is 10.4 Å². The molecule has 1 aromatic heterocycles. The molecule has 0 aliphatic carbocycles. The zero-order valence-electron chi connectivity index (χ0n) is 17.1. The minimum Gasteiger partial charge on any atom is -0.454 e. The normalized spacial score (nSPS) is 13.2.